The number of nitrogens with one attached hydrogen (secondary N) is 2. The number of carboxylic acids is 3. The molecule has 0 heterocycles. The monoisotopic (exact) mass is 425 g/mol. The number of nitro benzene ring substituents is 1. The smallest absolute Gasteiger partial charge is 0.326 e. The molecule has 13 heteroatoms. The molecule has 0 bridgehead atoms. The maximum absolute atomic E-state index is 12.4. The van der Waals surface area contributed by atoms with Crippen LogP contribution in [0.15, 0.2) is 24.3 Å². The lowest BCUT2D eigenvalue weighted by atomic mass is 10.1. The summed E-state index contributed by atoms with van der Waals surface area (Å²) in [6.07, 6.45) is -1.85. The van der Waals surface area contributed by atoms with Gasteiger partial charge in [0.25, 0.3) is 11.6 Å². The van der Waals surface area contributed by atoms with Gasteiger partial charge in [-0.25, -0.2) is 4.79 Å². The SMILES string of the molecule is O=C(O)CC[C@H](NC(=O)[C@H](CCC(=O)O)NC(=O)c1ccc([N+](=O)[O-])cc1)C(=O)O. The zero-order valence-corrected chi connectivity index (χ0v) is 15.4. The van der Waals surface area contributed by atoms with Crippen molar-refractivity contribution in [1.82, 2.24) is 10.6 Å². The number of amides is 2. The van der Waals surface area contributed by atoms with E-state index in [2.05, 4.69) is 10.6 Å². The molecule has 1 rings (SSSR count). The predicted molar refractivity (Wildman–Crippen MR) is 97.7 cm³/mol. The summed E-state index contributed by atoms with van der Waals surface area (Å²) in [5.41, 5.74) is -0.316. The van der Waals surface area contributed by atoms with Crippen molar-refractivity contribution in [3.8, 4) is 0 Å². The van der Waals surface area contributed by atoms with E-state index in [-0.39, 0.29) is 17.7 Å². The van der Waals surface area contributed by atoms with Crippen LogP contribution in [0.3, 0.4) is 0 Å². The van der Waals surface area contributed by atoms with Gasteiger partial charge in [-0.05, 0) is 25.0 Å². The summed E-state index contributed by atoms with van der Waals surface area (Å²) in [4.78, 5) is 67.4. The molecular formula is C17H19N3O10. The fourth-order valence-electron chi connectivity index (χ4n) is 2.31. The first-order chi connectivity index (χ1) is 14.0. The summed E-state index contributed by atoms with van der Waals surface area (Å²) in [6, 6.07) is 1.40. The van der Waals surface area contributed by atoms with Crippen molar-refractivity contribution in [2.75, 3.05) is 0 Å². The Balaban J connectivity index is 2.92. The lowest BCUT2D eigenvalue weighted by molar-refractivity contribution is -0.384. The summed E-state index contributed by atoms with van der Waals surface area (Å²) in [7, 11) is 0. The van der Waals surface area contributed by atoms with E-state index < -0.39 is 66.0 Å². The molecule has 0 saturated carbocycles. The molecule has 13 nitrogen and oxygen atoms in total. The number of non-ortho nitro benzene ring substituents is 1. The number of carboxylic acid groups (broad SMARTS) is 3. The number of carbonyl (C=O) groups excluding carboxylic acids is 2. The zero-order valence-electron chi connectivity index (χ0n) is 15.4. The Morgan fingerprint density at radius 1 is 0.867 bits per heavy atom. The van der Waals surface area contributed by atoms with E-state index in [4.69, 9.17) is 15.3 Å². The number of hydrogen-bond acceptors (Lipinski definition) is 7. The van der Waals surface area contributed by atoms with Crippen LogP contribution in [0.25, 0.3) is 0 Å². The van der Waals surface area contributed by atoms with E-state index in [1.54, 1.807) is 0 Å². The Morgan fingerprint density at radius 2 is 1.37 bits per heavy atom. The highest BCUT2D eigenvalue weighted by atomic mass is 16.6. The molecule has 0 saturated heterocycles. The number of carbonyl (C=O) groups is 5. The first-order valence-corrected chi connectivity index (χ1v) is 8.53. The average Bonchev–Trinajstić information content (AvgIpc) is 2.67. The molecule has 5 N–H and O–H groups in total. The van der Waals surface area contributed by atoms with Gasteiger partial charge in [-0.1, -0.05) is 0 Å². The molecule has 162 valence electrons. The van der Waals surface area contributed by atoms with Crippen LogP contribution in [0.4, 0.5) is 5.69 Å². The number of rotatable bonds is 12. The van der Waals surface area contributed by atoms with E-state index in [0.29, 0.717) is 0 Å². The number of hydrogen-bond donors (Lipinski definition) is 5. The molecule has 30 heavy (non-hydrogen) atoms. The second-order valence-electron chi connectivity index (χ2n) is 6.09. The molecule has 1 aromatic rings. The highest BCUT2D eigenvalue weighted by Crippen LogP contribution is 2.12. The topological polar surface area (TPSA) is 213 Å². The van der Waals surface area contributed by atoms with Crippen LogP contribution < -0.4 is 10.6 Å². The Hall–Kier alpha value is -4.03. The van der Waals surface area contributed by atoms with E-state index in [1.807, 2.05) is 0 Å². The minimum atomic E-state index is -1.56. The summed E-state index contributed by atoms with van der Waals surface area (Å²) in [5, 5.41) is 41.6. The minimum Gasteiger partial charge on any atom is -0.481 e. The largest absolute Gasteiger partial charge is 0.481 e. The van der Waals surface area contributed by atoms with E-state index in [0.717, 1.165) is 24.3 Å². The molecule has 2 atom stereocenters. The number of aliphatic carboxylic acids is 3. The van der Waals surface area contributed by atoms with Gasteiger partial charge < -0.3 is 26.0 Å². The molecular weight excluding hydrogens is 406 g/mol. The Morgan fingerprint density at radius 3 is 1.80 bits per heavy atom. The van der Waals surface area contributed by atoms with E-state index in [9.17, 15) is 34.1 Å². The van der Waals surface area contributed by atoms with Crippen LogP contribution >= 0.6 is 0 Å². The van der Waals surface area contributed by atoms with Gasteiger partial charge >= 0.3 is 17.9 Å². The molecule has 0 aliphatic heterocycles. The van der Waals surface area contributed by atoms with Crippen molar-refractivity contribution in [2.24, 2.45) is 0 Å². The lowest BCUT2D eigenvalue weighted by Crippen LogP contribution is -2.51. The molecule has 0 fully saturated rings. The van der Waals surface area contributed by atoms with Crippen LogP contribution in [0.2, 0.25) is 0 Å². The normalized spacial score (nSPS) is 12.3. The van der Waals surface area contributed by atoms with Crippen molar-refractivity contribution in [1.29, 1.82) is 0 Å². The molecule has 0 unspecified atom stereocenters. The molecule has 0 aliphatic rings. The average molecular weight is 425 g/mol. The van der Waals surface area contributed by atoms with Gasteiger partial charge in [0, 0.05) is 30.5 Å². The molecule has 0 radical (unpaired) electrons. The van der Waals surface area contributed by atoms with Crippen molar-refractivity contribution >= 4 is 35.4 Å². The number of nitrogens with zero attached hydrogens (tertiary/aromatic N) is 1. The second kappa shape index (κ2) is 11.1. The summed E-state index contributed by atoms with van der Waals surface area (Å²) in [6.45, 7) is 0. The van der Waals surface area contributed by atoms with Gasteiger partial charge in [0.2, 0.25) is 5.91 Å². The molecule has 0 spiro atoms. The molecule has 0 aromatic heterocycles. The zero-order chi connectivity index (χ0) is 22.8. The molecule has 1 aromatic carbocycles. The predicted octanol–water partition coefficient (Wildman–Crippen LogP) is -0.00780. The standard InChI is InChI=1S/C17H19N3O10/c21-13(22)7-5-11(16(26)19-12(17(27)28)6-8-14(23)24)18-15(25)9-1-3-10(4-2-9)20(29)30/h1-4,11-12H,5-8H2,(H,18,25)(H,19,26)(H,21,22)(H,23,24)(H,27,28)/t11-,12-/m0/s1. The van der Waals surface area contributed by atoms with Crippen molar-refractivity contribution in [3.63, 3.8) is 0 Å². The third-order valence-corrected chi connectivity index (χ3v) is 3.87. The quantitative estimate of drug-likeness (QED) is 0.223. The highest BCUT2D eigenvalue weighted by molar-refractivity contribution is 5.98. The third kappa shape index (κ3) is 7.92. The highest BCUT2D eigenvalue weighted by Gasteiger charge is 2.27. The summed E-state index contributed by atoms with van der Waals surface area (Å²) in [5.74, 6) is -5.89. The van der Waals surface area contributed by atoms with Crippen LogP contribution in [0.1, 0.15) is 36.0 Å². The van der Waals surface area contributed by atoms with Crippen molar-refractivity contribution in [3.05, 3.63) is 39.9 Å². The molecule has 0 aliphatic carbocycles. The maximum atomic E-state index is 12.4. The fourth-order valence-corrected chi connectivity index (χ4v) is 2.31. The van der Waals surface area contributed by atoms with Gasteiger partial charge in [-0.3, -0.25) is 29.3 Å². The van der Waals surface area contributed by atoms with E-state index >= 15 is 0 Å². The Bertz CT molecular complexity index is 837. The van der Waals surface area contributed by atoms with Crippen LogP contribution in [-0.4, -0.2) is 62.0 Å². The summed E-state index contributed by atoms with van der Waals surface area (Å²) < 4.78 is 0. The number of benzene rings is 1. The third-order valence-electron chi connectivity index (χ3n) is 3.87. The summed E-state index contributed by atoms with van der Waals surface area (Å²) >= 11 is 0. The van der Waals surface area contributed by atoms with E-state index in [1.165, 1.54) is 0 Å². The van der Waals surface area contributed by atoms with Crippen LogP contribution in [0, 0.1) is 10.1 Å². The number of nitro groups is 1. The first kappa shape index (κ1) is 24.0. The Labute approximate surface area is 168 Å². The second-order valence-corrected chi connectivity index (χ2v) is 6.09. The van der Waals surface area contributed by atoms with Gasteiger partial charge in [-0.15, -0.1) is 0 Å². The Kier molecular flexibility index (Phi) is 8.87. The van der Waals surface area contributed by atoms with Crippen molar-refractivity contribution < 1.29 is 44.2 Å². The van der Waals surface area contributed by atoms with Gasteiger partial charge in [0.1, 0.15) is 12.1 Å². The van der Waals surface area contributed by atoms with Gasteiger partial charge in [0.15, 0.2) is 0 Å². The molecule has 2 amide bonds. The lowest BCUT2D eigenvalue weighted by Gasteiger charge is -2.21. The van der Waals surface area contributed by atoms with Crippen LogP contribution in [0.5, 0.6) is 0 Å². The van der Waals surface area contributed by atoms with Crippen LogP contribution in [-0.2, 0) is 19.2 Å². The first-order valence-electron chi connectivity index (χ1n) is 8.53. The van der Waals surface area contributed by atoms with Gasteiger partial charge in [0.05, 0.1) is 4.92 Å². The fraction of sp³-hybridized carbons (Fsp3) is 0.353. The van der Waals surface area contributed by atoms with Crippen molar-refractivity contribution in [2.45, 2.75) is 37.8 Å². The maximum Gasteiger partial charge on any atom is 0.326 e. The minimum absolute atomic E-state index is 0.0469. The van der Waals surface area contributed by atoms with Gasteiger partial charge in [-0.2, -0.15) is 0 Å².